The normalized spacial score (nSPS) is 11.2. The minimum Gasteiger partial charge on any atom is -0.457 e. The molecule has 0 radical (unpaired) electrons. The third-order valence-electron chi connectivity index (χ3n) is 3.87. The number of hydrogen-bond acceptors (Lipinski definition) is 6. The summed E-state index contributed by atoms with van der Waals surface area (Å²) in [7, 11) is 0. The zero-order valence-electron chi connectivity index (χ0n) is 16.1. The minimum atomic E-state index is -0.653. The Bertz CT molecular complexity index is 999. The van der Waals surface area contributed by atoms with Gasteiger partial charge in [-0.2, -0.15) is 0 Å². The molecule has 0 unspecified atom stereocenters. The van der Waals surface area contributed by atoms with E-state index in [-0.39, 0.29) is 11.5 Å². The van der Waals surface area contributed by atoms with Gasteiger partial charge in [0.25, 0.3) is 5.91 Å². The molecule has 2 aromatic carbocycles. The Morgan fingerprint density at radius 1 is 1.07 bits per heavy atom. The Morgan fingerprint density at radius 3 is 2.21 bits per heavy atom. The zero-order valence-corrected chi connectivity index (χ0v) is 16.1. The Balaban J connectivity index is 1.83. The number of hydrogen-bond donors (Lipinski definition) is 3. The Kier molecular flexibility index (Phi) is 5.74. The van der Waals surface area contributed by atoms with Crippen molar-refractivity contribution in [1.29, 1.82) is 0 Å². The van der Waals surface area contributed by atoms with Gasteiger partial charge < -0.3 is 21.5 Å². The van der Waals surface area contributed by atoms with Crippen LogP contribution in [0.25, 0.3) is 11.4 Å². The SMILES string of the molecule is CC(C)(N)CNc1cc(C(N)=O)nc(-c2ccc(Oc3ccc(F)cc3)cc2)n1. The molecule has 8 heteroatoms. The average molecular weight is 395 g/mol. The van der Waals surface area contributed by atoms with Gasteiger partial charge in [0, 0.05) is 23.7 Å². The quantitative estimate of drug-likeness (QED) is 0.565. The van der Waals surface area contributed by atoms with E-state index in [0.717, 1.165) is 0 Å². The van der Waals surface area contributed by atoms with Gasteiger partial charge in [-0.3, -0.25) is 4.79 Å². The van der Waals surface area contributed by atoms with Crippen LogP contribution >= 0.6 is 0 Å². The predicted molar refractivity (Wildman–Crippen MR) is 109 cm³/mol. The van der Waals surface area contributed by atoms with Crippen molar-refractivity contribution in [2.75, 3.05) is 11.9 Å². The summed E-state index contributed by atoms with van der Waals surface area (Å²) < 4.78 is 18.7. The van der Waals surface area contributed by atoms with Crippen molar-refractivity contribution in [1.82, 2.24) is 9.97 Å². The molecule has 3 rings (SSSR count). The molecule has 0 saturated carbocycles. The lowest BCUT2D eigenvalue weighted by Crippen LogP contribution is -2.39. The molecule has 0 bridgehead atoms. The molecular formula is C21H22FN5O2. The third kappa shape index (κ3) is 5.73. The van der Waals surface area contributed by atoms with Crippen LogP contribution in [0.15, 0.2) is 54.6 Å². The van der Waals surface area contributed by atoms with Gasteiger partial charge in [-0.15, -0.1) is 0 Å². The lowest BCUT2D eigenvalue weighted by atomic mass is 10.1. The molecule has 29 heavy (non-hydrogen) atoms. The number of benzene rings is 2. The third-order valence-corrected chi connectivity index (χ3v) is 3.87. The number of anilines is 1. The summed E-state index contributed by atoms with van der Waals surface area (Å²) >= 11 is 0. The number of primary amides is 1. The molecular weight excluding hydrogens is 373 g/mol. The predicted octanol–water partition coefficient (Wildman–Crippen LogP) is 3.32. The molecule has 0 aliphatic carbocycles. The van der Waals surface area contributed by atoms with Crippen molar-refractivity contribution < 1.29 is 13.9 Å². The maximum Gasteiger partial charge on any atom is 0.267 e. The molecule has 0 spiro atoms. The maximum atomic E-state index is 13.0. The topological polar surface area (TPSA) is 116 Å². The van der Waals surface area contributed by atoms with E-state index in [0.29, 0.717) is 35.2 Å². The van der Waals surface area contributed by atoms with Gasteiger partial charge >= 0.3 is 0 Å². The fraction of sp³-hybridized carbons (Fsp3) is 0.190. The molecule has 150 valence electrons. The summed E-state index contributed by atoms with van der Waals surface area (Å²) in [6.07, 6.45) is 0. The number of carbonyl (C=O) groups is 1. The van der Waals surface area contributed by atoms with Gasteiger partial charge in [-0.05, 0) is 62.4 Å². The van der Waals surface area contributed by atoms with E-state index in [1.807, 2.05) is 13.8 Å². The van der Waals surface area contributed by atoms with Crippen molar-refractivity contribution in [3.8, 4) is 22.9 Å². The Hall–Kier alpha value is -3.52. The Labute approximate surface area is 167 Å². The molecule has 0 fully saturated rings. The van der Waals surface area contributed by atoms with Gasteiger partial charge in [-0.25, -0.2) is 14.4 Å². The summed E-state index contributed by atoms with van der Waals surface area (Å²) in [5, 5.41) is 3.10. The van der Waals surface area contributed by atoms with Crippen molar-refractivity contribution in [3.05, 3.63) is 66.1 Å². The van der Waals surface area contributed by atoms with Crippen LogP contribution in [0.4, 0.5) is 10.2 Å². The molecule has 0 atom stereocenters. The fourth-order valence-electron chi connectivity index (χ4n) is 2.42. The highest BCUT2D eigenvalue weighted by Gasteiger charge is 2.14. The van der Waals surface area contributed by atoms with Crippen LogP contribution in [0.1, 0.15) is 24.3 Å². The van der Waals surface area contributed by atoms with E-state index in [4.69, 9.17) is 16.2 Å². The molecule has 0 aliphatic rings. The van der Waals surface area contributed by atoms with E-state index in [2.05, 4.69) is 15.3 Å². The zero-order chi connectivity index (χ0) is 21.0. The maximum absolute atomic E-state index is 13.0. The number of halogens is 1. The van der Waals surface area contributed by atoms with Crippen LogP contribution < -0.4 is 21.5 Å². The van der Waals surface area contributed by atoms with Gasteiger partial charge in [-0.1, -0.05) is 0 Å². The first-order chi connectivity index (χ1) is 13.7. The molecule has 1 aromatic heterocycles. The standard InChI is InChI=1S/C21H22FN5O2/c1-21(2,24)12-25-18-11-17(19(23)28)26-20(27-18)13-3-7-15(8-4-13)29-16-9-5-14(22)6-10-16/h3-11H,12,24H2,1-2H3,(H2,23,28)(H,25,26,27). The van der Waals surface area contributed by atoms with Crippen LogP contribution in [-0.4, -0.2) is 28.0 Å². The highest BCUT2D eigenvalue weighted by atomic mass is 19.1. The number of nitrogens with two attached hydrogens (primary N) is 2. The summed E-state index contributed by atoms with van der Waals surface area (Å²) in [5.41, 5.74) is 11.7. The fourth-order valence-corrected chi connectivity index (χ4v) is 2.42. The summed E-state index contributed by atoms with van der Waals surface area (Å²) in [6, 6.07) is 14.2. The molecule has 7 nitrogen and oxygen atoms in total. The number of aromatic nitrogens is 2. The lowest BCUT2D eigenvalue weighted by molar-refractivity contribution is 0.0995. The highest BCUT2D eigenvalue weighted by molar-refractivity contribution is 5.92. The van der Waals surface area contributed by atoms with Crippen LogP contribution in [0.2, 0.25) is 0 Å². The minimum absolute atomic E-state index is 0.0963. The van der Waals surface area contributed by atoms with Crippen LogP contribution in [0.5, 0.6) is 11.5 Å². The van der Waals surface area contributed by atoms with E-state index >= 15 is 0 Å². The molecule has 1 heterocycles. The second-order valence-corrected chi connectivity index (χ2v) is 7.25. The number of amides is 1. The largest absolute Gasteiger partial charge is 0.457 e. The number of nitrogens with one attached hydrogen (secondary N) is 1. The monoisotopic (exact) mass is 395 g/mol. The summed E-state index contributed by atoms with van der Waals surface area (Å²) in [4.78, 5) is 20.3. The number of rotatable bonds is 7. The highest BCUT2D eigenvalue weighted by Crippen LogP contribution is 2.25. The van der Waals surface area contributed by atoms with Crippen molar-refractivity contribution in [2.45, 2.75) is 19.4 Å². The first-order valence-electron chi connectivity index (χ1n) is 8.95. The van der Waals surface area contributed by atoms with Crippen LogP contribution in [0, 0.1) is 5.82 Å². The van der Waals surface area contributed by atoms with E-state index in [1.54, 1.807) is 36.4 Å². The molecule has 5 N–H and O–H groups in total. The van der Waals surface area contributed by atoms with Gasteiger partial charge in [0.15, 0.2) is 5.82 Å². The number of ether oxygens (including phenoxy) is 1. The smallest absolute Gasteiger partial charge is 0.267 e. The second kappa shape index (κ2) is 8.24. The van der Waals surface area contributed by atoms with Crippen molar-refractivity contribution >= 4 is 11.7 Å². The van der Waals surface area contributed by atoms with Crippen LogP contribution in [0.3, 0.4) is 0 Å². The molecule has 0 aliphatic heterocycles. The lowest BCUT2D eigenvalue weighted by Gasteiger charge is -2.19. The summed E-state index contributed by atoms with van der Waals surface area (Å²) in [5.74, 6) is 0.888. The van der Waals surface area contributed by atoms with Crippen LogP contribution in [-0.2, 0) is 0 Å². The molecule has 1 amide bonds. The summed E-state index contributed by atoms with van der Waals surface area (Å²) in [6.45, 7) is 4.19. The first kappa shape index (κ1) is 20.2. The van der Waals surface area contributed by atoms with Gasteiger partial charge in [0.05, 0.1) is 0 Å². The Morgan fingerprint density at radius 2 is 1.66 bits per heavy atom. The molecule has 0 saturated heterocycles. The number of nitrogens with zero attached hydrogens (tertiary/aromatic N) is 2. The van der Waals surface area contributed by atoms with Crippen molar-refractivity contribution in [2.24, 2.45) is 11.5 Å². The number of carbonyl (C=O) groups excluding carboxylic acids is 1. The first-order valence-corrected chi connectivity index (χ1v) is 8.95. The average Bonchev–Trinajstić information content (AvgIpc) is 2.68. The van der Waals surface area contributed by atoms with Gasteiger partial charge in [0.2, 0.25) is 0 Å². The van der Waals surface area contributed by atoms with Gasteiger partial charge in [0.1, 0.15) is 28.8 Å². The van der Waals surface area contributed by atoms with E-state index in [9.17, 15) is 9.18 Å². The second-order valence-electron chi connectivity index (χ2n) is 7.25. The molecule has 3 aromatic rings. The van der Waals surface area contributed by atoms with E-state index < -0.39 is 11.4 Å². The van der Waals surface area contributed by atoms with Crippen molar-refractivity contribution in [3.63, 3.8) is 0 Å². The van der Waals surface area contributed by atoms with E-state index in [1.165, 1.54) is 18.2 Å².